The van der Waals surface area contributed by atoms with Crippen LogP contribution >= 0.6 is 11.8 Å². The average Bonchev–Trinajstić information content (AvgIpc) is 2.98. The second-order valence-corrected chi connectivity index (χ2v) is 6.52. The molecule has 1 atom stereocenters. The third-order valence-electron chi connectivity index (χ3n) is 3.81. The van der Waals surface area contributed by atoms with Crippen LogP contribution in [0.2, 0.25) is 0 Å². The summed E-state index contributed by atoms with van der Waals surface area (Å²) in [6.45, 7) is 1.14. The molecule has 0 aliphatic carbocycles. The molecule has 0 N–H and O–H groups in total. The van der Waals surface area contributed by atoms with E-state index in [9.17, 15) is 19.2 Å². The Morgan fingerprint density at radius 1 is 1.14 bits per heavy atom. The summed E-state index contributed by atoms with van der Waals surface area (Å²) in [5, 5.41) is -0.556. The first kappa shape index (κ1) is 21.3. The number of nitrogens with zero attached hydrogens (tertiary/aromatic N) is 1. The standard InChI is InChI=1S/C18H19NO8S/c1-10(17(22)26-4)19-16(21)14(28-18(19)23)8-11-5-6-12(13(7-11)24-2)27-9-15(20)25-3/h5-8,10H,9H2,1-4H3/b14-8+. The van der Waals surface area contributed by atoms with E-state index in [4.69, 9.17) is 9.47 Å². The van der Waals surface area contributed by atoms with Crippen LogP contribution in [0.4, 0.5) is 4.79 Å². The zero-order valence-electron chi connectivity index (χ0n) is 15.7. The van der Waals surface area contributed by atoms with Gasteiger partial charge in [-0.25, -0.2) is 9.59 Å². The molecule has 2 amide bonds. The van der Waals surface area contributed by atoms with Crippen LogP contribution in [0.15, 0.2) is 23.1 Å². The van der Waals surface area contributed by atoms with Crippen molar-refractivity contribution in [2.24, 2.45) is 0 Å². The fourth-order valence-electron chi connectivity index (χ4n) is 2.33. The molecular formula is C18H19NO8S. The van der Waals surface area contributed by atoms with Crippen LogP contribution in [-0.4, -0.2) is 62.0 Å². The van der Waals surface area contributed by atoms with E-state index in [1.165, 1.54) is 34.3 Å². The maximum atomic E-state index is 12.5. The highest BCUT2D eigenvalue weighted by atomic mass is 32.2. The van der Waals surface area contributed by atoms with Crippen molar-refractivity contribution >= 4 is 40.9 Å². The Morgan fingerprint density at radius 3 is 2.46 bits per heavy atom. The van der Waals surface area contributed by atoms with Gasteiger partial charge in [0, 0.05) is 0 Å². The van der Waals surface area contributed by atoms with Crippen molar-refractivity contribution in [1.29, 1.82) is 0 Å². The number of esters is 2. The Kier molecular flexibility index (Phi) is 7.05. The van der Waals surface area contributed by atoms with E-state index >= 15 is 0 Å². The minimum Gasteiger partial charge on any atom is -0.493 e. The number of carbonyl (C=O) groups is 4. The summed E-state index contributed by atoms with van der Waals surface area (Å²) in [5.41, 5.74) is 0.568. The first-order chi connectivity index (χ1) is 13.3. The van der Waals surface area contributed by atoms with Crippen LogP contribution in [0.3, 0.4) is 0 Å². The van der Waals surface area contributed by atoms with E-state index in [1.54, 1.807) is 18.2 Å². The third-order valence-corrected chi connectivity index (χ3v) is 4.70. The minimum atomic E-state index is -1.02. The molecule has 9 nitrogen and oxygen atoms in total. The maximum absolute atomic E-state index is 12.5. The van der Waals surface area contributed by atoms with Gasteiger partial charge in [-0.15, -0.1) is 0 Å². The molecule has 0 radical (unpaired) electrons. The number of benzene rings is 1. The van der Waals surface area contributed by atoms with E-state index < -0.39 is 29.1 Å². The lowest BCUT2D eigenvalue weighted by Crippen LogP contribution is -2.42. The number of methoxy groups -OCH3 is 3. The van der Waals surface area contributed by atoms with Gasteiger partial charge in [0.15, 0.2) is 18.1 Å². The summed E-state index contributed by atoms with van der Waals surface area (Å²) < 4.78 is 19.7. The van der Waals surface area contributed by atoms with Gasteiger partial charge in [0.1, 0.15) is 6.04 Å². The molecule has 1 fully saturated rings. The number of amides is 2. The van der Waals surface area contributed by atoms with Gasteiger partial charge in [-0.05, 0) is 42.5 Å². The van der Waals surface area contributed by atoms with Crippen molar-refractivity contribution in [3.8, 4) is 11.5 Å². The van der Waals surface area contributed by atoms with Crippen molar-refractivity contribution in [3.63, 3.8) is 0 Å². The Hall–Kier alpha value is -3.01. The number of rotatable bonds is 7. The summed E-state index contributed by atoms with van der Waals surface area (Å²) in [6.07, 6.45) is 1.50. The van der Waals surface area contributed by atoms with E-state index in [-0.39, 0.29) is 11.5 Å². The maximum Gasteiger partial charge on any atom is 0.343 e. The van der Waals surface area contributed by atoms with E-state index in [2.05, 4.69) is 9.47 Å². The lowest BCUT2D eigenvalue weighted by Gasteiger charge is -2.18. The first-order valence-corrected chi connectivity index (χ1v) is 8.86. The second-order valence-electron chi connectivity index (χ2n) is 5.53. The largest absolute Gasteiger partial charge is 0.493 e. The van der Waals surface area contributed by atoms with Gasteiger partial charge in [0.2, 0.25) is 0 Å². The molecular weight excluding hydrogens is 390 g/mol. The molecule has 10 heteroatoms. The quantitative estimate of drug-likeness (QED) is 0.492. The van der Waals surface area contributed by atoms with E-state index in [0.29, 0.717) is 17.1 Å². The smallest absolute Gasteiger partial charge is 0.343 e. The zero-order chi connectivity index (χ0) is 20.8. The monoisotopic (exact) mass is 409 g/mol. The van der Waals surface area contributed by atoms with Gasteiger partial charge in [0.25, 0.3) is 11.1 Å². The molecule has 0 saturated carbocycles. The van der Waals surface area contributed by atoms with Crippen molar-refractivity contribution in [1.82, 2.24) is 4.90 Å². The highest BCUT2D eigenvalue weighted by Crippen LogP contribution is 2.35. The zero-order valence-corrected chi connectivity index (χ0v) is 16.5. The van der Waals surface area contributed by atoms with Crippen molar-refractivity contribution in [3.05, 3.63) is 28.7 Å². The molecule has 1 aromatic carbocycles. The molecule has 1 aromatic rings. The van der Waals surface area contributed by atoms with Crippen molar-refractivity contribution < 1.29 is 38.1 Å². The Bertz CT molecular complexity index is 835. The molecule has 0 bridgehead atoms. The summed E-state index contributed by atoms with van der Waals surface area (Å²) >= 11 is 0.725. The Balaban J connectivity index is 2.23. The molecule has 1 aliphatic heterocycles. The van der Waals surface area contributed by atoms with Gasteiger partial charge in [-0.1, -0.05) is 6.07 Å². The predicted molar refractivity (Wildman–Crippen MR) is 99.8 cm³/mol. The van der Waals surface area contributed by atoms with Crippen LogP contribution in [0.5, 0.6) is 11.5 Å². The van der Waals surface area contributed by atoms with Crippen molar-refractivity contribution in [2.75, 3.05) is 27.9 Å². The van der Waals surface area contributed by atoms with Crippen LogP contribution in [0.1, 0.15) is 12.5 Å². The summed E-state index contributed by atoms with van der Waals surface area (Å²) in [4.78, 5) is 48.5. The van der Waals surface area contributed by atoms with Gasteiger partial charge in [0.05, 0.1) is 26.2 Å². The highest BCUT2D eigenvalue weighted by molar-refractivity contribution is 8.18. The third kappa shape index (κ3) is 4.63. The van der Waals surface area contributed by atoms with Gasteiger partial charge >= 0.3 is 11.9 Å². The molecule has 0 aromatic heterocycles. The minimum absolute atomic E-state index is 0.158. The summed E-state index contributed by atoms with van der Waals surface area (Å²) in [5.74, 6) is -1.16. The van der Waals surface area contributed by atoms with Gasteiger partial charge in [-0.3, -0.25) is 14.5 Å². The second kappa shape index (κ2) is 9.27. The van der Waals surface area contributed by atoms with Gasteiger partial charge in [-0.2, -0.15) is 0 Å². The number of imide groups is 1. The van der Waals surface area contributed by atoms with Gasteiger partial charge < -0.3 is 18.9 Å². The van der Waals surface area contributed by atoms with Crippen molar-refractivity contribution in [2.45, 2.75) is 13.0 Å². The van der Waals surface area contributed by atoms with E-state index in [0.717, 1.165) is 16.7 Å². The molecule has 1 aliphatic rings. The highest BCUT2D eigenvalue weighted by Gasteiger charge is 2.41. The lowest BCUT2D eigenvalue weighted by molar-refractivity contribution is -0.148. The van der Waals surface area contributed by atoms with Crippen LogP contribution in [0.25, 0.3) is 6.08 Å². The van der Waals surface area contributed by atoms with Crippen LogP contribution < -0.4 is 9.47 Å². The molecule has 150 valence electrons. The molecule has 1 heterocycles. The topological polar surface area (TPSA) is 108 Å². The van der Waals surface area contributed by atoms with E-state index in [1.807, 2.05) is 0 Å². The number of ether oxygens (including phenoxy) is 4. The number of hydrogen-bond acceptors (Lipinski definition) is 9. The summed E-state index contributed by atoms with van der Waals surface area (Å²) in [7, 11) is 3.86. The Morgan fingerprint density at radius 2 is 1.86 bits per heavy atom. The molecule has 1 unspecified atom stereocenters. The molecule has 1 saturated heterocycles. The molecule has 0 spiro atoms. The number of hydrogen-bond donors (Lipinski definition) is 0. The normalized spacial score (nSPS) is 16.1. The Labute approximate surface area is 165 Å². The first-order valence-electron chi connectivity index (χ1n) is 8.05. The fraction of sp³-hybridized carbons (Fsp3) is 0.333. The summed E-state index contributed by atoms with van der Waals surface area (Å²) in [6, 6.07) is 3.76. The average molecular weight is 409 g/mol. The fourth-order valence-corrected chi connectivity index (χ4v) is 3.24. The molecule has 28 heavy (non-hydrogen) atoms. The van der Waals surface area contributed by atoms with Crippen LogP contribution in [-0.2, 0) is 23.9 Å². The number of thioether (sulfide) groups is 1. The van der Waals surface area contributed by atoms with Crippen LogP contribution in [0, 0.1) is 0 Å². The lowest BCUT2D eigenvalue weighted by atomic mass is 10.1. The SMILES string of the molecule is COC(=O)COc1ccc(/C=C2/SC(=O)N(C(C)C(=O)OC)C2=O)cc1OC. The molecule has 2 rings (SSSR count). The number of carbonyl (C=O) groups excluding carboxylic acids is 4. The predicted octanol–water partition coefficient (Wildman–Crippen LogP) is 1.84.